The number of imide groups is 1. The first-order valence-corrected chi connectivity index (χ1v) is 18.0. The minimum Gasteiger partial charge on any atom is -0.484 e. The highest BCUT2D eigenvalue weighted by Gasteiger charge is 2.69. The zero-order valence-electron chi connectivity index (χ0n) is 25.3. The van der Waals surface area contributed by atoms with Crippen molar-refractivity contribution < 1.29 is 19.1 Å². The molecule has 7 atom stereocenters. The maximum atomic E-state index is 14.0. The van der Waals surface area contributed by atoms with Crippen LogP contribution in [0.1, 0.15) is 22.8 Å². The zero-order valence-corrected chi connectivity index (χ0v) is 27.7. The predicted molar refractivity (Wildman–Crippen MR) is 187 cm³/mol. The van der Waals surface area contributed by atoms with E-state index in [0.717, 1.165) is 38.3 Å². The maximum absolute atomic E-state index is 14.0. The molecule has 3 heterocycles. The fraction of sp³-hybridized carbons (Fsp3) is 0.243. The second-order valence-electron chi connectivity index (χ2n) is 12.9. The van der Waals surface area contributed by atoms with Crippen LogP contribution < -0.4 is 19.8 Å². The number of fused-ring (bicyclic) bond motifs is 10. The number of nitrogens with zero attached hydrogens (tertiary/aromatic N) is 1. The number of amides is 3. The summed E-state index contributed by atoms with van der Waals surface area (Å²) in [5.41, 5.74) is 2.23. The topological polar surface area (TPSA) is 109 Å². The highest BCUT2D eigenvalue weighted by Crippen LogP contribution is 2.68. The summed E-state index contributed by atoms with van der Waals surface area (Å²) in [6.45, 7) is -0.173. The number of hydrogen-bond acceptors (Lipinski definition) is 7. The number of carbonyl (C=O) groups is 3. The average molecular weight is 694 g/mol. The Morgan fingerprint density at radius 3 is 2.50 bits per heavy atom. The monoisotopic (exact) mass is 693 g/mol. The average Bonchev–Trinajstić information content (AvgIpc) is 3.83. The van der Waals surface area contributed by atoms with E-state index in [0.29, 0.717) is 16.5 Å². The van der Waals surface area contributed by atoms with Crippen LogP contribution in [0.4, 0.5) is 11.4 Å². The normalized spacial score (nSPS) is 26.8. The van der Waals surface area contributed by atoms with Crippen molar-refractivity contribution in [3.63, 3.8) is 0 Å². The lowest BCUT2D eigenvalue weighted by molar-refractivity contribution is -0.123. The van der Waals surface area contributed by atoms with E-state index in [1.54, 1.807) is 36.0 Å². The second-order valence-corrected chi connectivity index (χ2v) is 15.5. The Morgan fingerprint density at radius 1 is 0.917 bits per heavy atom. The number of hydrogen-bond donors (Lipinski definition) is 2. The van der Waals surface area contributed by atoms with Crippen molar-refractivity contribution in [1.82, 2.24) is 4.98 Å². The molecule has 8 nitrogen and oxygen atoms in total. The molecule has 0 spiro atoms. The number of benzene rings is 4. The fourth-order valence-electron chi connectivity index (χ4n) is 8.70. The van der Waals surface area contributed by atoms with Gasteiger partial charge in [0, 0.05) is 32.1 Å². The molecule has 3 amide bonds. The van der Waals surface area contributed by atoms with Crippen molar-refractivity contribution in [2.75, 3.05) is 16.8 Å². The van der Waals surface area contributed by atoms with Crippen LogP contribution in [0, 0.1) is 29.6 Å². The van der Waals surface area contributed by atoms with Crippen LogP contribution in [-0.2, 0) is 14.4 Å². The summed E-state index contributed by atoms with van der Waals surface area (Å²) >= 11 is 8.96. The minimum absolute atomic E-state index is 0.0139. The summed E-state index contributed by atoms with van der Waals surface area (Å²) < 4.78 is 6.02. The number of ether oxygens (including phenoxy) is 1. The van der Waals surface area contributed by atoms with Gasteiger partial charge in [0.15, 0.2) is 6.61 Å². The van der Waals surface area contributed by atoms with Crippen LogP contribution in [0.5, 0.6) is 5.75 Å². The van der Waals surface area contributed by atoms with Crippen LogP contribution in [0.15, 0.2) is 101 Å². The Kier molecular flexibility index (Phi) is 7.04. The number of thiazole rings is 1. The number of halogens is 1. The smallest absolute Gasteiger partial charge is 0.305 e. The summed E-state index contributed by atoms with van der Waals surface area (Å²) in [7, 11) is 0. The number of aromatic amines is 1. The number of nitrogens with one attached hydrogen (secondary N) is 2. The van der Waals surface area contributed by atoms with Gasteiger partial charge in [-0.1, -0.05) is 71.5 Å². The van der Waals surface area contributed by atoms with Gasteiger partial charge < -0.3 is 15.0 Å². The first-order valence-electron chi connectivity index (χ1n) is 15.9. The highest BCUT2D eigenvalue weighted by atomic mass is 35.5. The summed E-state index contributed by atoms with van der Waals surface area (Å²) in [5, 5.41) is 6.41. The second kappa shape index (κ2) is 11.4. The molecule has 11 heteroatoms. The fourth-order valence-corrected chi connectivity index (χ4v) is 11.7. The van der Waals surface area contributed by atoms with Crippen molar-refractivity contribution in [2.45, 2.75) is 22.6 Å². The Hall–Kier alpha value is -4.38. The lowest BCUT2D eigenvalue weighted by Crippen LogP contribution is -2.42. The zero-order chi connectivity index (χ0) is 32.7. The highest BCUT2D eigenvalue weighted by molar-refractivity contribution is 8.00. The minimum atomic E-state index is -0.406. The first kappa shape index (κ1) is 29.7. The molecule has 2 aliphatic carbocycles. The summed E-state index contributed by atoms with van der Waals surface area (Å²) in [6, 6.07) is 28.2. The molecule has 0 radical (unpaired) electrons. The van der Waals surface area contributed by atoms with Gasteiger partial charge in [-0.25, -0.2) is 0 Å². The number of rotatable bonds is 6. The van der Waals surface area contributed by atoms with Crippen molar-refractivity contribution in [2.24, 2.45) is 29.6 Å². The maximum Gasteiger partial charge on any atom is 0.305 e. The van der Waals surface area contributed by atoms with Crippen molar-refractivity contribution in [1.29, 1.82) is 0 Å². The number of carbonyl (C=O) groups excluding carboxylic acids is 3. The number of aromatic nitrogens is 1. The van der Waals surface area contributed by atoms with Crippen LogP contribution in [0.3, 0.4) is 0 Å². The van der Waals surface area contributed by atoms with Gasteiger partial charge in [-0.3, -0.25) is 24.1 Å². The van der Waals surface area contributed by atoms with E-state index in [-0.39, 0.29) is 64.0 Å². The van der Waals surface area contributed by atoms with Crippen LogP contribution >= 0.6 is 34.7 Å². The molecular formula is C37H28ClN3O5S2. The van der Waals surface area contributed by atoms with Gasteiger partial charge in [0.1, 0.15) is 5.75 Å². The third kappa shape index (κ3) is 4.64. The van der Waals surface area contributed by atoms with Gasteiger partial charge in [0.05, 0.1) is 22.5 Å². The quantitative estimate of drug-likeness (QED) is 0.187. The Bertz CT molecular complexity index is 2190. The molecule has 4 aromatic carbocycles. The molecule has 2 N–H and O–H groups in total. The summed E-state index contributed by atoms with van der Waals surface area (Å²) in [4.78, 5) is 58.8. The Labute approximate surface area is 288 Å². The van der Waals surface area contributed by atoms with E-state index in [2.05, 4.69) is 10.3 Å². The molecule has 48 heavy (non-hydrogen) atoms. The molecule has 4 aliphatic rings. The van der Waals surface area contributed by atoms with E-state index in [1.165, 1.54) is 16.2 Å². The van der Waals surface area contributed by atoms with Gasteiger partial charge in [0.2, 0.25) is 11.8 Å². The lowest BCUT2D eigenvalue weighted by Gasteiger charge is -2.43. The van der Waals surface area contributed by atoms with E-state index in [9.17, 15) is 19.2 Å². The van der Waals surface area contributed by atoms with Crippen LogP contribution in [-0.4, -0.2) is 34.6 Å². The molecule has 1 saturated heterocycles. The molecule has 2 saturated carbocycles. The van der Waals surface area contributed by atoms with Crippen molar-refractivity contribution in [3.8, 4) is 5.75 Å². The largest absolute Gasteiger partial charge is 0.484 e. The van der Waals surface area contributed by atoms with E-state index in [4.69, 9.17) is 16.3 Å². The molecule has 240 valence electrons. The molecule has 5 aromatic rings. The number of thioether (sulfide) groups is 1. The predicted octanol–water partition coefficient (Wildman–Crippen LogP) is 6.94. The molecule has 3 fully saturated rings. The molecule has 1 aromatic heterocycles. The van der Waals surface area contributed by atoms with E-state index >= 15 is 0 Å². The Morgan fingerprint density at radius 2 is 1.67 bits per heavy atom. The third-order valence-electron chi connectivity index (χ3n) is 10.5. The van der Waals surface area contributed by atoms with Crippen LogP contribution in [0.25, 0.3) is 10.8 Å². The number of anilines is 2. The number of H-pyrrole nitrogens is 1. The van der Waals surface area contributed by atoms with Gasteiger partial charge in [-0.2, -0.15) is 0 Å². The molecular weight excluding hydrogens is 666 g/mol. The van der Waals surface area contributed by atoms with Gasteiger partial charge >= 0.3 is 4.87 Å². The van der Waals surface area contributed by atoms with Gasteiger partial charge in [0.25, 0.3) is 5.91 Å². The molecule has 2 bridgehead atoms. The van der Waals surface area contributed by atoms with Crippen LogP contribution in [0.2, 0.25) is 5.02 Å². The summed E-state index contributed by atoms with van der Waals surface area (Å²) in [6.07, 6.45) is 0.795. The first-order chi connectivity index (χ1) is 23.4. The van der Waals surface area contributed by atoms with Gasteiger partial charge in [-0.15, -0.1) is 11.8 Å². The third-order valence-corrected chi connectivity index (χ3v) is 13.3. The summed E-state index contributed by atoms with van der Waals surface area (Å²) in [5.74, 6) is -0.919. The van der Waals surface area contributed by atoms with Crippen molar-refractivity contribution in [3.05, 3.63) is 116 Å². The van der Waals surface area contributed by atoms with E-state index in [1.807, 2.05) is 66.7 Å². The standard InChI is InChI=1S/C37H28ClN3O5S2/c38-20-11-13-21(14-12-20)41-35(43)30-24-16-25(31(30)36(41)44)32-29(24)28(33-34(47-32)40-37(45)48-33)19-7-3-8-22(15-19)46-17-27(42)39-26-10-4-6-18-5-1-2-9-23(18)26/h1-15,24-25,28-32H,16-17H2,(H,39,42)(H,40,45)/t24-,25-,28+,29-,30+,31+,32-/m1/s1. The Balaban J connectivity index is 0.999. The molecule has 2 aliphatic heterocycles. The van der Waals surface area contributed by atoms with Gasteiger partial charge in [-0.05, 0) is 77.6 Å². The van der Waals surface area contributed by atoms with E-state index < -0.39 is 5.92 Å². The molecule has 0 unspecified atom stereocenters. The SMILES string of the molecule is O=C(COc1cccc([C@@H]2c3sc(=O)[nH]c3S[C@@H]3[C@@H]4C[C@@H]([C@@H]5C(=O)N(c6ccc(Cl)cc6)C(=O)[C@@H]45)[C@H]23)c1)Nc1cccc2ccccc12. The van der Waals surface area contributed by atoms with Crippen molar-refractivity contribution >= 4 is 74.6 Å². The molecule has 9 rings (SSSR count). The lowest BCUT2D eigenvalue weighted by atomic mass is 9.68.